The van der Waals surface area contributed by atoms with E-state index in [0.717, 1.165) is 29.8 Å². The molecule has 0 aliphatic heterocycles. The van der Waals surface area contributed by atoms with Crippen molar-refractivity contribution in [1.29, 1.82) is 0 Å². The molecule has 5 nitrogen and oxygen atoms in total. The van der Waals surface area contributed by atoms with Gasteiger partial charge in [-0.1, -0.05) is 24.3 Å². The van der Waals surface area contributed by atoms with E-state index in [9.17, 15) is 4.39 Å². The molecule has 0 amide bonds. The predicted molar refractivity (Wildman–Crippen MR) is 107 cm³/mol. The Morgan fingerprint density at radius 2 is 1.85 bits per heavy atom. The number of benzene rings is 2. The molecule has 0 aromatic heterocycles. The number of aliphatic imine (C=N–C) groups is 1. The summed E-state index contributed by atoms with van der Waals surface area (Å²) in [7, 11) is 5.05. The number of rotatable bonds is 8. The fourth-order valence-corrected chi connectivity index (χ4v) is 2.77. The third-order valence-electron chi connectivity index (χ3n) is 4.38. The third-order valence-corrected chi connectivity index (χ3v) is 4.38. The van der Waals surface area contributed by atoms with Crippen LogP contribution in [0.2, 0.25) is 0 Å². The van der Waals surface area contributed by atoms with Crippen LogP contribution in [-0.2, 0) is 11.2 Å². The summed E-state index contributed by atoms with van der Waals surface area (Å²) in [5.74, 6) is 1.34. The van der Waals surface area contributed by atoms with Crippen molar-refractivity contribution >= 4 is 5.96 Å². The van der Waals surface area contributed by atoms with Crippen LogP contribution in [0.4, 0.5) is 4.39 Å². The Morgan fingerprint density at radius 3 is 2.48 bits per heavy atom. The van der Waals surface area contributed by atoms with Gasteiger partial charge in [0.05, 0.1) is 13.2 Å². The molecule has 2 aromatic rings. The Kier molecular flexibility index (Phi) is 8.07. The van der Waals surface area contributed by atoms with Gasteiger partial charge < -0.3 is 20.1 Å². The van der Waals surface area contributed by atoms with Crippen molar-refractivity contribution < 1.29 is 13.9 Å². The van der Waals surface area contributed by atoms with Gasteiger partial charge >= 0.3 is 0 Å². The highest BCUT2D eigenvalue weighted by atomic mass is 19.1. The Bertz CT molecular complexity index is 748. The summed E-state index contributed by atoms with van der Waals surface area (Å²) in [6.45, 7) is 3.29. The van der Waals surface area contributed by atoms with E-state index >= 15 is 0 Å². The summed E-state index contributed by atoms with van der Waals surface area (Å²) in [5.41, 5.74) is 3.23. The number of hydrogen-bond donors (Lipinski definition) is 2. The molecule has 1 atom stereocenters. The lowest BCUT2D eigenvalue weighted by Gasteiger charge is -2.19. The topological polar surface area (TPSA) is 54.9 Å². The van der Waals surface area contributed by atoms with Crippen LogP contribution in [-0.4, -0.2) is 40.3 Å². The molecule has 6 heteroatoms. The molecule has 0 heterocycles. The summed E-state index contributed by atoms with van der Waals surface area (Å²) in [4.78, 5) is 4.24. The highest BCUT2D eigenvalue weighted by Crippen LogP contribution is 2.19. The normalized spacial score (nSPS) is 12.6. The first-order valence-corrected chi connectivity index (χ1v) is 8.93. The van der Waals surface area contributed by atoms with Crippen molar-refractivity contribution in [2.75, 3.05) is 34.4 Å². The molecule has 0 aliphatic rings. The largest absolute Gasteiger partial charge is 0.496 e. The zero-order chi connectivity index (χ0) is 19.6. The highest BCUT2D eigenvalue weighted by Gasteiger charge is 2.11. The Hall–Kier alpha value is -2.60. The first-order valence-electron chi connectivity index (χ1n) is 8.93. The SMILES string of the molecule is CN=C(NCCc1ccc(C)c(OC)c1)NCC(OC)c1ccc(F)cc1. The zero-order valence-corrected chi connectivity index (χ0v) is 16.4. The monoisotopic (exact) mass is 373 g/mol. The third kappa shape index (κ3) is 6.25. The minimum Gasteiger partial charge on any atom is -0.496 e. The van der Waals surface area contributed by atoms with Crippen LogP contribution in [0.25, 0.3) is 0 Å². The lowest BCUT2D eigenvalue weighted by Crippen LogP contribution is -2.40. The number of hydrogen-bond acceptors (Lipinski definition) is 3. The average Bonchev–Trinajstić information content (AvgIpc) is 2.69. The first-order chi connectivity index (χ1) is 13.1. The highest BCUT2D eigenvalue weighted by molar-refractivity contribution is 5.79. The second-order valence-corrected chi connectivity index (χ2v) is 6.21. The van der Waals surface area contributed by atoms with Gasteiger partial charge in [-0.25, -0.2) is 4.39 Å². The van der Waals surface area contributed by atoms with Crippen molar-refractivity contribution in [3.8, 4) is 5.75 Å². The Labute approximate surface area is 160 Å². The van der Waals surface area contributed by atoms with Gasteiger partial charge in [-0.15, -0.1) is 0 Å². The maximum atomic E-state index is 13.1. The number of ether oxygens (including phenoxy) is 2. The summed E-state index contributed by atoms with van der Waals surface area (Å²) < 4.78 is 23.9. The number of aryl methyl sites for hydroxylation is 1. The molecule has 0 radical (unpaired) electrons. The summed E-state index contributed by atoms with van der Waals surface area (Å²) in [6.07, 6.45) is 0.661. The molecule has 1 unspecified atom stereocenters. The minimum atomic E-state index is -0.258. The molecule has 0 bridgehead atoms. The maximum Gasteiger partial charge on any atom is 0.191 e. The van der Waals surface area contributed by atoms with Crippen molar-refractivity contribution in [3.05, 3.63) is 65.0 Å². The lowest BCUT2D eigenvalue weighted by atomic mass is 10.1. The van der Waals surface area contributed by atoms with Crippen LogP contribution < -0.4 is 15.4 Å². The van der Waals surface area contributed by atoms with E-state index in [1.54, 1.807) is 33.4 Å². The van der Waals surface area contributed by atoms with Gasteiger partial charge in [0.25, 0.3) is 0 Å². The summed E-state index contributed by atoms with van der Waals surface area (Å²) >= 11 is 0. The molecule has 0 spiro atoms. The molecule has 0 fully saturated rings. The molecular weight excluding hydrogens is 345 g/mol. The van der Waals surface area contributed by atoms with Gasteiger partial charge in [0.15, 0.2) is 5.96 Å². The van der Waals surface area contributed by atoms with Crippen molar-refractivity contribution in [2.24, 2.45) is 4.99 Å². The second kappa shape index (κ2) is 10.5. The molecule has 0 saturated carbocycles. The standard InChI is InChI=1S/C21H28FN3O2/c1-15-5-6-16(13-19(15)26-3)11-12-24-21(23-2)25-14-20(27-4)17-7-9-18(22)10-8-17/h5-10,13,20H,11-12,14H2,1-4H3,(H2,23,24,25). The van der Waals surface area contributed by atoms with E-state index in [0.29, 0.717) is 12.5 Å². The van der Waals surface area contributed by atoms with Gasteiger partial charge in [-0.05, 0) is 48.2 Å². The molecule has 0 saturated heterocycles. The van der Waals surface area contributed by atoms with Crippen molar-refractivity contribution in [1.82, 2.24) is 10.6 Å². The van der Waals surface area contributed by atoms with Crippen LogP contribution in [0.1, 0.15) is 22.8 Å². The van der Waals surface area contributed by atoms with Gasteiger partial charge in [-0.3, -0.25) is 4.99 Å². The Balaban J connectivity index is 1.84. The van der Waals surface area contributed by atoms with E-state index in [4.69, 9.17) is 9.47 Å². The quantitative estimate of drug-likeness (QED) is 0.551. The zero-order valence-electron chi connectivity index (χ0n) is 16.4. The predicted octanol–water partition coefficient (Wildman–Crippen LogP) is 3.24. The number of nitrogens with one attached hydrogen (secondary N) is 2. The summed E-state index contributed by atoms with van der Waals surface area (Å²) in [6, 6.07) is 12.5. The second-order valence-electron chi connectivity index (χ2n) is 6.21. The molecule has 0 aliphatic carbocycles. The molecule has 2 N–H and O–H groups in total. The maximum absolute atomic E-state index is 13.1. The van der Waals surface area contributed by atoms with Crippen LogP contribution in [0.15, 0.2) is 47.5 Å². The van der Waals surface area contributed by atoms with Gasteiger partial charge in [0.2, 0.25) is 0 Å². The van der Waals surface area contributed by atoms with Crippen LogP contribution in [0.3, 0.4) is 0 Å². The Morgan fingerprint density at radius 1 is 1.11 bits per heavy atom. The fraction of sp³-hybridized carbons (Fsp3) is 0.381. The van der Waals surface area contributed by atoms with Gasteiger partial charge in [-0.2, -0.15) is 0 Å². The van der Waals surface area contributed by atoms with E-state index in [-0.39, 0.29) is 11.9 Å². The first kappa shape index (κ1) is 20.7. The van der Waals surface area contributed by atoms with E-state index in [1.807, 2.05) is 6.92 Å². The molecule has 27 heavy (non-hydrogen) atoms. The van der Waals surface area contributed by atoms with E-state index < -0.39 is 0 Å². The molecule has 146 valence electrons. The van der Waals surface area contributed by atoms with E-state index in [1.165, 1.54) is 17.7 Å². The molecule has 2 aromatic carbocycles. The average molecular weight is 373 g/mol. The van der Waals surface area contributed by atoms with Crippen LogP contribution in [0, 0.1) is 12.7 Å². The fourth-order valence-electron chi connectivity index (χ4n) is 2.77. The molecule has 2 rings (SSSR count). The number of methoxy groups -OCH3 is 2. The van der Waals surface area contributed by atoms with Gasteiger partial charge in [0.1, 0.15) is 11.6 Å². The number of halogens is 1. The van der Waals surface area contributed by atoms with E-state index in [2.05, 4.69) is 33.8 Å². The number of nitrogens with zero attached hydrogens (tertiary/aromatic N) is 1. The molecular formula is C21H28FN3O2. The van der Waals surface area contributed by atoms with Crippen LogP contribution >= 0.6 is 0 Å². The smallest absolute Gasteiger partial charge is 0.191 e. The number of guanidine groups is 1. The van der Waals surface area contributed by atoms with Crippen LogP contribution in [0.5, 0.6) is 5.75 Å². The van der Waals surface area contributed by atoms with Crippen molar-refractivity contribution in [2.45, 2.75) is 19.4 Å². The minimum absolute atomic E-state index is 0.189. The lowest BCUT2D eigenvalue weighted by molar-refractivity contribution is 0.106. The van der Waals surface area contributed by atoms with Gasteiger partial charge in [0, 0.05) is 27.2 Å². The van der Waals surface area contributed by atoms with Crippen molar-refractivity contribution in [3.63, 3.8) is 0 Å². The summed E-state index contributed by atoms with van der Waals surface area (Å²) in [5, 5.41) is 6.54.